The van der Waals surface area contributed by atoms with Crippen LogP contribution in [0.2, 0.25) is 0 Å². The lowest BCUT2D eigenvalue weighted by molar-refractivity contribution is -0.125. The Labute approximate surface area is 221 Å². The van der Waals surface area contributed by atoms with Gasteiger partial charge >= 0.3 is 11.9 Å². The van der Waals surface area contributed by atoms with Crippen molar-refractivity contribution in [3.05, 3.63) is 87.8 Å². The van der Waals surface area contributed by atoms with E-state index < -0.39 is 29.9 Å². The van der Waals surface area contributed by atoms with Gasteiger partial charge in [0.15, 0.2) is 0 Å². The molecule has 0 saturated heterocycles. The summed E-state index contributed by atoms with van der Waals surface area (Å²) in [6, 6.07) is 18.0. The molecule has 1 heterocycles. The number of hydrogen-bond acceptors (Lipinski definition) is 7. The van der Waals surface area contributed by atoms with Crippen LogP contribution in [0.1, 0.15) is 64.4 Å². The summed E-state index contributed by atoms with van der Waals surface area (Å²) in [5, 5.41) is 0.0562. The number of imide groups is 1. The molecule has 0 fully saturated rings. The highest BCUT2D eigenvalue weighted by molar-refractivity contribution is 7.19. The van der Waals surface area contributed by atoms with Crippen molar-refractivity contribution < 1.29 is 28.7 Å². The molecule has 0 aliphatic rings. The van der Waals surface area contributed by atoms with Gasteiger partial charge in [-0.25, -0.2) is 14.5 Å². The van der Waals surface area contributed by atoms with Crippen LogP contribution in [0, 0.1) is 6.92 Å². The molecular weight excluding hydrogens is 490 g/mol. The number of ether oxygens (including phenoxy) is 2. The smallest absolute Gasteiger partial charge is 0.348 e. The molecule has 7 nitrogen and oxygen atoms in total. The maximum absolute atomic E-state index is 13.7. The van der Waals surface area contributed by atoms with Crippen LogP contribution in [0.15, 0.2) is 60.7 Å². The summed E-state index contributed by atoms with van der Waals surface area (Å²) in [6.07, 6.45) is -0.968. The molecule has 37 heavy (non-hydrogen) atoms. The zero-order valence-electron chi connectivity index (χ0n) is 21.6. The third-order valence-electron chi connectivity index (χ3n) is 5.30. The molecular formula is C29H31NO6S. The Morgan fingerprint density at radius 1 is 0.730 bits per heavy atom. The largest absolute Gasteiger partial charge is 0.459 e. The van der Waals surface area contributed by atoms with Gasteiger partial charge in [0.25, 0.3) is 0 Å². The average Bonchev–Trinajstić information content (AvgIpc) is 3.16. The highest BCUT2D eigenvalue weighted by Gasteiger charge is 2.35. The van der Waals surface area contributed by atoms with E-state index in [1.165, 1.54) is 0 Å². The number of benzene rings is 2. The first-order chi connectivity index (χ1) is 17.6. The van der Waals surface area contributed by atoms with Crippen molar-refractivity contribution in [2.75, 3.05) is 4.90 Å². The average molecular weight is 522 g/mol. The van der Waals surface area contributed by atoms with Crippen molar-refractivity contribution >= 4 is 40.1 Å². The van der Waals surface area contributed by atoms with Crippen LogP contribution in [0.4, 0.5) is 5.00 Å². The van der Waals surface area contributed by atoms with Crippen LogP contribution < -0.4 is 4.90 Å². The van der Waals surface area contributed by atoms with Crippen LogP contribution in [0.3, 0.4) is 0 Å². The van der Waals surface area contributed by atoms with Crippen LogP contribution in [-0.4, -0.2) is 36.0 Å². The number of rotatable bonds is 9. The van der Waals surface area contributed by atoms with Gasteiger partial charge in [0.1, 0.15) is 9.88 Å². The maximum Gasteiger partial charge on any atom is 0.348 e. The number of nitrogens with zero attached hydrogens (tertiary/aromatic N) is 1. The molecule has 0 aliphatic heterocycles. The number of esters is 2. The van der Waals surface area contributed by atoms with Gasteiger partial charge in [-0.15, -0.1) is 11.3 Å². The second-order valence-corrected chi connectivity index (χ2v) is 10.1. The van der Waals surface area contributed by atoms with Gasteiger partial charge in [-0.1, -0.05) is 60.7 Å². The second kappa shape index (κ2) is 12.5. The van der Waals surface area contributed by atoms with Crippen molar-refractivity contribution in [1.29, 1.82) is 0 Å². The number of carbonyl (C=O) groups excluding carboxylic acids is 4. The zero-order valence-corrected chi connectivity index (χ0v) is 22.5. The van der Waals surface area contributed by atoms with Crippen LogP contribution in [0.25, 0.3) is 0 Å². The first-order valence-electron chi connectivity index (χ1n) is 12.1. The molecule has 3 rings (SSSR count). The molecule has 194 valence electrons. The lowest BCUT2D eigenvalue weighted by atomic mass is 10.1. The number of anilines is 1. The first kappa shape index (κ1) is 27.8. The Kier molecular flexibility index (Phi) is 9.36. The minimum atomic E-state index is -0.715. The molecule has 0 unspecified atom stereocenters. The Morgan fingerprint density at radius 3 is 1.59 bits per heavy atom. The summed E-state index contributed by atoms with van der Waals surface area (Å²) < 4.78 is 10.8. The van der Waals surface area contributed by atoms with Crippen LogP contribution in [-0.2, 0) is 31.9 Å². The molecule has 1 aromatic heterocycles. The molecule has 0 N–H and O–H groups in total. The number of carbonyl (C=O) groups is 4. The van der Waals surface area contributed by atoms with E-state index >= 15 is 0 Å². The molecule has 0 saturated carbocycles. The normalized spacial score (nSPS) is 10.9. The van der Waals surface area contributed by atoms with Gasteiger partial charge in [-0.05, 0) is 51.3 Å². The van der Waals surface area contributed by atoms with E-state index in [4.69, 9.17) is 9.47 Å². The van der Waals surface area contributed by atoms with Gasteiger partial charge in [0, 0.05) is 0 Å². The van der Waals surface area contributed by atoms with E-state index in [-0.39, 0.29) is 34.4 Å². The fraction of sp³-hybridized carbons (Fsp3) is 0.310. The lowest BCUT2D eigenvalue weighted by Gasteiger charge is -2.21. The third-order valence-corrected chi connectivity index (χ3v) is 6.56. The predicted octanol–water partition coefficient (Wildman–Crippen LogP) is 5.53. The summed E-state index contributed by atoms with van der Waals surface area (Å²) in [7, 11) is 0. The highest BCUT2D eigenvalue weighted by Crippen LogP contribution is 2.38. The van der Waals surface area contributed by atoms with E-state index in [1.54, 1.807) is 83.1 Å². The predicted molar refractivity (Wildman–Crippen MR) is 143 cm³/mol. The zero-order chi connectivity index (χ0) is 27.1. The molecule has 2 amide bonds. The summed E-state index contributed by atoms with van der Waals surface area (Å²) in [5.74, 6) is -2.38. The Bertz CT molecular complexity index is 1210. The van der Waals surface area contributed by atoms with Crippen LogP contribution >= 0.6 is 11.3 Å². The SMILES string of the molecule is Cc1c(C(=O)OC(C)C)sc(N(C(=O)Cc2ccccc2)C(=O)Cc2ccccc2)c1C(=O)OC(C)C. The minimum absolute atomic E-state index is 0.0113. The minimum Gasteiger partial charge on any atom is -0.459 e. The molecule has 0 radical (unpaired) electrons. The Hall–Kier alpha value is -3.78. The fourth-order valence-electron chi connectivity index (χ4n) is 3.70. The second-order valence-electron chi connectivity index (χ2n) is 9.09. The number of hydrogen-bond donors (Lipinski definition) is 0. The Morgan fingerprint density at radius 2 is 1.16 bits per heavy atom. The molecule has 0 atom stereocenters. The lowest BCUT2D eigenvalue weighted by Crippen LogP contribution is -2.39. The van der Waals surface area contributed by atoms with E-state index in [0.29, 0.717) is 16.7 Å². The van der Waals surface area contributed by atoms with E-state index in [1.807, 2.05) is 12.1 Å². The maximum atomic E-state index is 13.7. The Balaban J connectivity index is 2.14. The summed E-state index contributed by atoms with van der Waals surface area (Å²) >= 11 is 0.886. The third kappa shape index (κ3) is 7.13. The topological polar surface area (TPSA) is 90.0 Å². The highest BCUT2D eigenvalue weighted by atomic mass is 32.1. The van der Waals surface area contributed by atoms with Crippen molar-refractivity contribution in [1.82, 2.24) is 0 Å². The van der Waals surface area contributed by atoms with Crippen molar-refractivity contribution in [2.45, 2.75) is 59.7 Å². The summed E-state index contributed by atoms with van der Waals surface area (Å²) in [5.41, 5.74) is 1.74. The molecule has 3 aromatic rings. The van der Waals surface area contributed by atoms with E-state index in [9.17, 15) is 19.2 Å². The van der Waals surface area contributed by atoms with Gasteiger partial charge in [0.2, 0.25) is 11.8 Å². The summed E-state index contributed by atoms with van der Waals surface area (Å²) in [6.45, 7) is 8.43. The van der Waals surface area contributed by atoms with Gasteiger partial charge in [-0.3, -0.25) is 9.59 Å². The van der Waals surface area contributed by atoms with Gasteiger partial charge < -0.3 is 9.47 Å². The van der Waals surface area contributed by atoms with E-state index in [2.05, 4.69) is 0 Å². The number of thiophene rings is 1. The standard InChI is InChI=1S/C29H31NO6S/c1-18(2)35-28(33)25-20(5)26(29(34)36-19(3)4)37-27(25)30(23(31)16-21-12-8-6-9-13-21)24(32)17-22-14-10-7-11-15-22/h6-15,18-19H,16-17H2,1-5H3. The van der Waals surface area contributed by atoms with Gasteiger partial charge in [-0.2, -0.15) is 0 Å². The van der Waals surface area contributed by atoms with Crippen molar-refractivity contribution in [3.8, 4) is 0 Å². The van der Waals surface area contributed by atoms with E-state index in [0.717, 1.165) is 16.2 Å². The monoisotopic (exact) mass is 521 g/mol. The van der Waals surface area contributed by atoms with Crippen molar-refractivity contribution in [2.24, 2.45) is 0 Å². The van der Waals surface area contributed by atoms with Crippen molar-refractivity contribution in [3.63, 3.8) is 0 Å². The molecule has 0 bridgehead atoms. The summed E-state index contributed by atoms with van der Waals surface area (Å²) in [4.78, 5) is 54.5. The molecule has 8 heteroatoms. The molecule has 0 aliphatic carbocycles. The molecule has 0 spiro atoms. The van der Waals surface area contributed by atoms with Gasteiger partial charge in [0.05, 0.1) is 30.6 Å². The number of amides is 2. The first-order valence-corrected chi connectivity index (χ1v) is 12.9. The fourth-order valence-corrected chi connectivity index (χ4v) is 4.91. The quantitative estimate of drug-likeness (QED) is 0.344. The van der Waals surface area contributed by atoms with Crippen LogP contribution in [0.5, 0.6) is 0 Å². The molecule has 2 aromatic carbocycles.